The highest BCUT2D eigenvalue weighted by molar-refractivity contribution is 5.77. The summed E-state index contributed by atoms with van der Waals surface area (Å²) in [6, 6.07) is -0.154. The van der Waals surface area contributed by atoms with Gasteiger partial charge in [-0.15, -0.1) is 0 Å². The molecule has 0 aliphatic heterocycles. The molecule has 3 N–H and O–H groups in total. The highest BCUT2D eigenvalue weighted by Crippen LogP contribution is 2.53. The van der Waals surface area contributed by atoms with Crippen LogP contribution in [0.2, 0.25) is 0 Å². The number of carbonyl (C=O) groups is 1. The van der Waals surface area contributed by atoms with E-state index in [-0.39, 0.29) is 11.5 Å². The number of rotatable bonds is 3. The maximum Gasteiger partial charge on any atom is 0.311 e. The molecule has 2 aliphatic carbocycles. The number of nitrogens with two attached hydrogens (primary N) is 1. The van der Waals surface area contributed by atoms with Gasteiger partial charge in [-0.25, -0.2) is 0 Å². The molecule has 3 heteroatoms. The van der Waals surface area contributed by atoms with Gasteiger partial charge >= 0.3 is 5.97 Å². The van der Waals surface area contributed by atoms with Gasteiger partial charge in [-0.2, -0.15) is 0 Å². The van der Waals surface area contributed by atoms with Crippen molar-refractivity contribution in [2.45, 2.75) is 57.9 Å². The third-order valence-corrected chi connectivity index (χ3v) is 4.76. The molecular weight excluding hydrogens is 190 g/mol. The number of hydrogen-bond acceptors (Lipinski definition) is 2. The summed E-state index contributed by atoms with van der Waals surface area (Å²) in [5.41, 5.74) is 5.74. The lowest BCUT2D eigenvalue weighted by Gasteiger charge is -2.48. The van der Waals surface area contributed by atoms with E-state index in [1.165, 1.54) is 12.8 Å². The SMILES string of the molecule is CC1(C(N)C2(C(=O)O)CCC2)CCCC1. The second kappa shape index (κ2) is 3.48. The average Bonchev–Trinajstić information content (AvgIpc) is 2.50. The summed E-state index contributed by atoms with van der Waals surface area (Å²) in [4.78, 5) is 11.4. The Morgan fingerprint density at radius 3 is 2.07 bits per heavy atom. The fraction of sp³-hybridized carbons (Fsp3) is 0.917. The molecule has 3 nitrogen and oxygen atoms in total. The quantitative estimate of drug-likeness (QED) is 0.751. The van der Waals surface area contributed by atoms with E-state index in [4.69, 9.17) is 5.73 Å². The maximum atomic E-state index is 11.4. The lowest BCUT2D eigenvalue weighted by Crippen LogP contribution is -2.58. The van der Waals surface area contributed by atoms with Gasteiger partial charge in [0.1, 0.15) is 0 Å². The summed E-state index contributed by atoms with van der Waals surface area (Å²) in [6.45, 7) is 2.17. The van der Waals surface area contributed by atoms with Crippen LogP contribution in [0.25, 0.3) is 0 Å². The van der Waals surface area contributed by atoms with Crippen LogP contribution in [0.5, 0.6) is 0 Å². The Labute approximate surface area is 91.0 Å². The van der Waals surface area contributed by atoms with Crippen LogP contribution in [0.3, 0.4) is 0 Å². The molecule has 1 atom stereocenters. The van der Waals surface area contributed by atoms with E-state index in [1.807, 2.05) is 0 Å². The van der Waals surface area contributed by atoms with Crippen molar-refractivity contribution in [3.8, 4) is 0 Å². The molecule has 1 unspecified atom stereocenters. The zero-order chi connectivity index (χ0) is 11.1. The predicted octanol–water partition coefficient (Wildman–Crippen LogP) is 2.15. The van der Waals surface area contributed by atoms with Gasteiger partial charge in [0, 0.05) is 6.04 Å². The van der Waals surface area contributed by atoms with Gasteiger partial charge in [0.25, 0.3) is 0 Å². The highest BCUT2D eigenvalue weighted by atomic mass is 16.4. The maximum absolute atomic E-state index is 11.4. The van der Waals surface area contributed by atoms with Gasteiger partial charge < -0.3 is 10.8 Å². The first-order valence-corrected chi connectivity index (χ1v) is 6.00. The minimum atomic E-state index is -0.672. The molecule has 0 aromatic rings. The van der Waals surface area contributed by atoms with Crippen molar-refractivity contribution < 1.29 is 9.90 Å². The van der Waals surface area contributed by atoms with E-state index in [0.29, 0.717) is 0 Å². The Morgan fingerprint density at radius 1 is 1.20 bits per heavy atom. The molecule has 0 radical (unpaired) electrons. The van der Waals surface area contributed by atoms with E-state index < -0.39 is 11.4 Å². The molecule has 0 saturated heterocycles. The minimum Gasteiger partial charge on any atom is -0.481 e. The summed E-state index contributed by atoms with van der Waals surface area (Å²) in [5, 5.41) is 9.35. The van der Waals surface area contributed by atoms with Crippen LogP contribution >= 0.6 is 0 Å². The van der Waals surface area contributed by atoms with E-state index in [2.05, 4.69) is 6.92 Å². The van der Waals surface area contributed by atoms with E-state index in [0.717, 1.165) is 32.1 Å². The minimum absolute atomic E-state index is 0.0683. The summed E-state index contributed by atoms with van der Waals surface area (Å²) in [7, 11) is 0. The van der Waals surface area contributed by atoms with E-state index in [1.54, 1.807) is 0 Å². The normalized spacial score (nSPS) is 29.5. The molecule has 15 heavy (non-hydrogen) atoms. The summed E-state index contributed by atoms with van der Waals surface area (Å²) >= 11 is 0. The smallest absolute Gasteiger partial charge is 0.311 e. The largest absolute Gasteiger partial charge is 0.481 e. The van der Waals surface area contributed by atoms with Crippen molar-refractivity contribution in [3.05, 3.63) is 0 Å². The van der Waals surface area contributed by atoms with Gasteiger partial charge in [0.2, 0.25) is 0 Å². The van der Waals surface area contributed by atoms with Crippen LogP contribution in [-0.4, -0.2) is 17.1 Å². The molecule has 0 heterocycles. The van der Waals surface area contributed by atoms with Crippen molar-refractivity contribution in [3.63, 3.8) is 0 Å². The van der Waals surface area contributed by atoms with Crippen molar-refractivity contribution in [2.24, 2.45) is 16.6 Å². The third kappa shape index (κ3) is 1.48. The Balaban J connectivity index is 2.18. The average molecular weight is 211 g/mol. The topological polar surface area (TPSA) is 63.3 Å². The first-order chi connectivity index (χ1) is 7.01. The first-order valence-electron chi connectivity index (χ1n) is 6.00. The zero-order valence-electron chi connectivity index (χ0n) is 9.46. The molecule has 0 bridgehead atoms. The molecule has 0 aromatic carbocycles. The zero-order valence-corrected chi connectivity index (χ0v) is 9.46. The second-order valence-electron chi connectivity index (χ2n) is 5.65. The van der Waals surface area contributed by atoms with Crippen LogP contribution in [0.15, 0.2) is 0 Å². The fourth-order valence-corrected chi connectivity index (χ4v) is 3.38. The van der Waals surface area contributed by atoms with E-state index in [9.17, 15) is 9.90 Å². The second-order valence-corrected chi connectivity index (χ2v) is 5.65. The van der Waals surface area contributed by atoms with Crippen molar-refractivity contribution in [1.29, 1.82) is 0 Å². The Morgan fingerprint density at radius 2 is 1.73 bits per heavy atom. The molecular formula is C12H21NO2. The van der Waals surface area contributed by atoms with Crippen LogP contribution in [0.4, 0.5) is 0 Å². The molecule has 2 fully saturated rings. The lowest BCUT2D eigenvalue weighted by molar-refractivity contribution is -0.159. The van der Waals surface area contributed by atoms with Gasteiger partial charge in [-0.1, -0.05) is 26.2 Å². The van der Waals surface area contributed by atoms with Gasteiger partial charge in [0.05, 0.1) is 5.41 Å². The number of carboxylic acids is 1. The number of aliphatic carboxylic acids is 1. The Kier molecular flexibility index (Phi) is 2.53. The Hall–Kier alpha value is -0.570. The molecule has 2 rings (SSSR count). The third-order valence-electron chi connectivity index (χ3n) is 4.76. The van der Waals surface area contributed by atoms with Gasteiger partial charge in [-0.05, 0) is 31.1 Å². The molecule has 0 aromatic heterocycles. The lowest BCUT2D eigenvalue weighted by atomic mass is 9.57. The van der Waals surface area contributed by atoms with Crippen LogP contribution in [-0.2, 0) is 4.79 Å². The van der Waals surface area contributed by atoms with Crippen LogP contribution < -0.4 is 5.73 Å². The highest BCUT2D eigenvalue weighted by Gasteiger charge is 2.55. The number of carboxylic acid groups (broad SMARTS) is 1. The molecule has 2 saturated carbocycles. The van der Waals surface area contributed by atoms with Crippen molar-refractivity contribution in [1.82, 2.24) is 0 Å². The van der Waals surface area contributed by atoms with Crippen LogP contribution in [0, 0.1) is 10.8 Å². The first kappa shape index (κ1) is 10.9. The predicted molar refractivity (Wildman–Crippen MR) is 58.5 cm³/mol. The van der Waals surface area contributed by atoms with Crippen molar-refractivity contribution in [2.75, 3.05) is 0 Å². The van der Waals surface area contributed by atoms with Gasteiger partial charge in [-0.3, -0.25) is 4.79 Å². The Bertz CT molecular complexity index is 265. The summed E-state index contributed by atoms with van der Waals surface area (Å²) in [6.07, 6.45) is 7.19. The molecule has 0 spiro atoms. The number of hydrogen-bond donors (Lipinski definition) is 2. The monoisotopic (exact) mass is 211 g/mol. The molecule has 0 amide bonds. The van der Waals surface area contributed by atoms with E-state index >= 15 is 0 Å². The molecule has 86 valence electrons. The molecule has 2 aliphatic rings. The summed E-state index contributed by atoms with van der Waals surface area (Å²) in [5.74, 6) is -0.672. The summed E-state index contributed by atoms with van der Waals surface area (Å²) < 4.78 is 0. The van der Waals surface area contributed by atoms with Crippen LogP contribution in [0.1, 0.15) is 51.9 Å². The fourth-order valence-electron chi connectivity index (χ4n) is 3.38. The van der Waals surface area contributed by atoms with Gasteiger partial charge in [0.15, 0.2) is 0 Å². The standard InChI is InChI=1S/C12H21NO2/c1-11(5-2-3-6-11)9(13)12(10(14)15)7-4-8-12/h9H,2-8,13H2,1H3,(H,14,15). The van der Waals surface area contributed by atoms with Crippen molar-refractivity contribution >= 4 is 5.97 Å².